The topological polar surface area (TPSA) is 17.1 Å². The van der Waals surface area contributed by atoms with Crippen molar-refractivity contribution in [1.82, 2.24) is 0 Å². The number of allylic oxidation sites excluding steroid dienone is 2. The van der Waals surface area contributed by atoms with E-state index >= 15 is 0 Å². The molecule has 0 aliphatic rings. The molecule has 0 aliphatic carbocycles. The van der Waals surface area contributed by atoms with Gasteiger partial charge in [0.15, 0.2) is 6.29 Å². The molecule has 1 heteroatoms. The lowest BCUT2D eigenvalue weighted by atomic mass is 10.1. The maximum Gasteiger partial charge on any atom is 0.198 e. The number of carbonyl (C=O) groups excluding carboxylic acids is 1. The van der Waals surface area contributed by atoms with Crippen LogP contribution in [0.25, 0.3) is 0 Å². The van der Waals surface area contributed by atoms with Crippen molar-refractivity contribution in [3.8, 4) is 0 Å². The average molecular weight is 265 g/mol. The maximum absolute atomic E-state index is 10.0. The average Bonchev–Trinajstić information content (AvgIpc) is 2.43. The fourth-order valence-electron chi connectivity index (χ4n) is 2.27. The molecule has 0 N–H and O–H groups in total. The fraction of sp³-hybridized carbons (Fsp3) is 0.833. The first-order valence-corrected chi connectivity index (χ1v) is 8.41. The van der Waals surface area contributed by atoms with Crippen LogP contribution < -0.4 is 0 Å². The van der Waals surface area contributed by atoms with Gasteiger partial charge in [-0.25, -0.2) is 0 Å². The Hall–Kier alpha value is -0.590. The van der Waals surface area contributed by atoms with E-state index in [1.807, 2.05) is 6.29 Å². The van der Waals surface area contributed by atoms with Crippen molar-refractivity contribution in [3.63, 3.8) is 0 Å². The second-order valence-electron chi connectivity index (χ2n) is 5.48. The van der Waals surface area contributed by atoms with Crippen molar-refractivity contribution in [1.29, 1.82) is 0 Å². The van der Waals surface area contributed by atoms with Crippen LogP contribution in [-0.2, 0) is 4.79 Å². The third-order valence-electron chi connectivity index (χ3n) is 3.54. The van der Waals surface area contributed by atoms with Gasteiger partial charge in [0.25, 0.3) is 0 Å². The van der Waals surface area contributed by atoms with Crippen LogP contribution >= 0.6 is 0 Å². The van der Waals surface area contributed by atoms with Gasteiger partial charge in [0.05, 0.1) is 0 Å². The van der Waals surface area contributed by atoms with Gasteiger partial charge in [-0.05, 0) is 32.1 Å². The van der Waals surface area contributed by atoms with Gasteiger partial charge in [-0.3, -0.25) is 4.79 Å². The SMILES string of the molecule is CCCCCC/C=C\CCCCCCCCC[C]=O. The van der Waals surface area contributed by atoms with E-state index in [4.69, 9.17) is 0 Å². The van der Waals surface area contributed by atoms with Crippen molar-refractivity contribution >= 4 is 6.29 Å². The van der Waals surface area contributed by atoms with Crippen LogP contribution in [0.2, 0.25) is 0 Å². The van der Waals surface area contributed by atoms with Gasteiger partial charge in [0, 0.05) is 6.42 Å². The molecule has 0 unspecified atom stereocenters. The summed E-state index contributed by atoms with van der Waals surface area (Å²) in [4.78, 5) is 10.0. The van der Waals surface area contributed by atoms with Crippen LogP contribution in [-0.4, -0.2) is 6.29 Å². The van der Waals surface area contributed by atoms with E-state index in [-0.39, 0.29) is 0 Å². The molecule has 0 atom stereocenters. The van der Waals surface area contributed by atoms with E-state index in [9.17, 15) is 4.79 Å². The first kappa shape index (κ1) is 18.4. The van der Waals surface area contributed by atoms with Gasteiger partial charge >= 0.3 is 0 Å². The summed E-state index contributed by atoms with van der Waals surface area (Å²) in [6.45, 7) is 2.26. The van der Waals surface area contributed by atoms with Crippen molar-refractivity contribution in [2.75, 3.05) is 0 Å². The summed E-state index contributed by atoms with van der Waals surface area (Å²) in [5, 5.41) is 0. The van der Waals surface area contributed by atoms with Crippen molar-refractivity contribution in [3.05, 3.63) is 12.2 Å². The zero-order valence-electron chi connectivity index (χ0n) is 13.0. The number of hydrogen-bond donors (Lipinski definition) is 0. The van der Waals surface area contributed by atoms with Crippen molar-refractivity contribution < 1.29 is 4.79 Å². The molecule has 0 fully saturated rings. The summed E-state index contributed by atoms with van der Waals surface area (Å²) in [5.41, 5.74) is 0. The smallest absolute Gasteiger partial charge is 0.198 e. The third kappa shape index (κ3) is 17.4. The molecule has 0 amide bonds. The molecule has 19 heavy (non-hydrogen) atoms. The van der Waals surface area contributed by atoms with Gasteiger partial charge in [0.2, 0.25) is 0 Å². The van der Waals surface area contributed by atoms with E-state index in [2.05, 4.69) is 19.1 Å². The van der Waals surface area contributed by atoms with Crippen LogP contribution in [0.4, 0.5) is 0 Å². The monoisotopic (exact) mass is 265 g/mol. The Morgan fingerprint density at radius 3 is 1.68 bits per heavy atom. The molecule has 1 radical (unpaired) electrons. The summed E-state index contributed by atoms with van der Waals surface area (Å²) in [6, 6.07) is 0. The Balaban J connectivity index is 3.01. The Morgan fingerprint density at radius 1 is 0.684 bits per heavy atom. The first-order valence-electron chi connectivity index (χ1n) is 8.41. The second-order valence-corrected chi connectivity index (χ2v) is 5.48. The van der Waals surface area contributed by atoms with E-state index in [0.717, 1.165) is 6.42 Å². The van der Waals surface area contributed by atoms with Gasteiger partial charge < -0.3 is 0 Å². The molecule has 0 saturated heterocycles. The predicted molar refractivity (Wildman–Crippen MR) is 85.1 cm³/mol. The summed E-state index contributed by atoms with van der Waals surface area (Å²) >= 11 is 0. The van der Waals surface area contributed by atoms with Crippen LogP contribution in [0.15, 0.2) is 12.2 Å². The van der Waals surface area contributed by atoms with Gasteiger partial charge in [0.1, 0.15) is 0 Å². The molecule has 0 spiro atoms. The minimum atomic E-state index is 0.628. The first-order chi connectivity index (χ1) is 9.41. The Labute approximate surface area is 120 Å². The normalized spacial score (nSPS) is 11.2. The predicted octanol–water partition coefficient (Wildman–Crippen LogP) is 6.13. The van der Waals surface area contributed by atoms with E-state index in [0.29, 0.717) is 6.42 Å². The lowest BCUT2D eigenvalue weighted by molar-refractivity contribution is 0.540. The lowest BCUT2D eigenvalue weighted by Gasteiger charge is -1.99. The number of unbranched alkanes of at least 4 members (excludes halogenated alkanes) is 12. The largest absolute Gasteiger partial charge is 0.291 e. The molecule has 0 aromatic carbocycles. The van der Waals surface area contributed by atoms with Gasteiger partial charge in [-0.1, -0.05) is 70.4 Å². The van der Waals surface area contributed by atoms with Crippen molar-refractivity contribution in [2.24, 2.45) is 0 Å². The Bertz CT molecular complexity index is 196. The molecule has 0 bridgehead atoms. The highest BCUT2D eigenvalue weighted by atomic mass is 16.1. The van der Waals surface area contributed by atoms with Crippen molar-refractivity contribution in [2.45, 2.75) is 96.8 Å². The quantitative estimate of drug-likeness (QED) is 0.257. The highest BCUT2D eigenvalue weighted by molar-refractivity contribution is 5.50. The molecular weight excluding hydrogens is 232 g/mol. The summed E-state index contributed by atoms with van der Waals surface area (Å²) < 4.78 is 0. The molecular formula is C18H33O. The Morgan fingerprint density at radius 2 is 1.16 bits per heavy atom. The Kier molecular flexibility index (Phi) is 16.9. The van der Waals surface area contributed by atoms with Crippen LogP contribution in [0.3, 0.4) is 0 Å². The van der Waals surface area contributed by atoms with Gasteiger partial charge in [-0.15, -0.1) is 0 Å². The summed E-state index contributed by atoms with van der Waals surface area (Å²) in [5.74, 6) is 0. The van der Waals surface area contributed by atoms with E-state index in [1.54, 1.807) is 0 Å². The van der Waals surface area contributed by atoms with Crippen LogP contribution in [0.1, 0.15) is 96.8 Å². The molecule has 0 saturated carbocycles. The van der Waals surface area contributed by atoms with Crippen LogP contribution in [0.5, 0.6) is 0 Å². The second kappa shape index (κ2) is 17.4. The summed E-state index contributed by atoms with van der Waals surface area (Å²) in [7, 11) is 0. The molecule has 111 valence electrons. The third-order valence-corrected chi connectivity index (χ3v) is 3.54. The maximum atomic E-state index is 10.0. The number of hydrogen-bond acceptors (Lipinski definition) is 1. The zero-order valence-corrected chi connectivity index (χ0v) is 13.0. The lowest BCUT2D eigenvalue weighted by Crippen LogP contribution is -1.81. The minimum absolute atomic E-state index is 0.628. The zero-order chi connectivity index (χ0) is 14.0. The molecule has 0 aromatic rings. The van der Waals surface area contributed by atoms with E-state index < -0.39 is 0 Å². The van der Waals surface area contributed by atoms with Gasteiger partial charge in [-0.2, -0.15) is 0 Å². The standard InChI is InChI=1S/C18H33O/c1-2-3-4-5-6-7-8-9-10-11-12-13-14-15-16-17-18-19/h7-8H,2-6,9-17H2,1H3/b8-7-. The molecule has 0 heterocycles. The molecule has 1 nitrogen and oxygen atoms in total. The molecule has 0 aliphatic heterocycles. The minimum Gasteiger partial charge on any atom is -0.291 e. The highest BCUT2D eigenvalue weighted by Gasteiger charge is 1.91. The molecule has 0 aromatic heterocycles. The number of rotatable bonds is 15. The molecule has 0 rings (SSSR count). The fourth-order valence-corrected chi connectivity index (χ4v) is 2.27. The van der Waals surface area contributed by atoms with E-state index in [1.165, 1.54) is 77.0 Å². The van der Waals surface area contributed by atoms with Crippen LogP contribution in [0, 0.1) is 0 Å². The highest BCUT2D eigenvalue weighted by Crippen LogP contribution is 2.10. The summed E-state index contributed by atoms with van der Waals surface area (Å²) in [6.07, 6.45) is 24.2.